The predicted octanol–water partition coefficient (Wildman–Crippen LogP) is 3.87. The summed E-state index contributed by atoms with van der Waals surface area (Å²) in [5.41, 5.74) is 6.46. The van der Waals surface area contributed by atoms with Gasteiger partial charge in [0.15, 0.2) is 0 Å². The van der Waals surface area contributed by atoms with E-state index in [1.165, 1.54) is 31.5 Å². The summed E-state index contributed by atoms with van der Waals surface area (Å²) in [6.45, 7) is 11.3. The van der Waals surface area contributed by atoms with E-state index in [4.69, 9.17) is 5.73 Å². The Morgan fingerprint density at radius 3 is 2.67 bits per heavy atom. The highest BCUT2D eigenvalue weighted by Crippen LogP contribution is 2.43. The predicted molar refractivity (Wildman–Crippen MR) is 89.1 cm³/mol. The number of hydrogen-bond acceptors (Lipinski definition) is 2. The van der Waals surface area contributed by atoms with Gasteiger partial charge < -0.3 is 10.3 Å². The van der Waals surface area contributed by atoms with Gasteiger partial charge in [-0.05, 0) is 55.4 Å². The van der Waals surface area contributed by atoms with E-state index in [1.807, 2.05) is 6.20 Å². The molecule has 21 heavy (non-hydrogen) atoms. The highest BCUT2D eigenvalue weighted by molar-refractivity contribution is 4.97. The van der Waals surface area contributed by atoms with Gasteiger partial charge >= 0.3 is 0 Å². The maximum Gasteiger partial charge on any atom is 0.108 e. The summed E-state index contributed by atoms with van der Waals surface area (Å²) >= 11 is 0. The molecule has 0 radical (unpaired) electrons. The number of nitrogens with two attached hydrogens (primary N) is 1. The zero-order valence-electron chi connectivity index (χ0n) is 14.3. The number of nitrogens with zero attached hydrogens (tertiary/aromatic N) is 2. The average molecular weight is 291 g/mol. The number of imidazole rings is 1. The van der Waals surface area contributed by atoms with E-state index in [2.05, 4.69) is 43.4 Å². The first-order valence-corrected chi connectivity index (χ1v) is 8.65. The van der Waals surface area contributed by atoms with Crippen LogP contribution in [0.5, 0.6) is 0 Å². The highest BCUT2D eigenvalue weighted by Gasteiger charge is 2.35. The van der Waals surface area contributed by atoms with Gasteiger partial charge in [-0.25, -0.2) is 4.98 Å². The summed E-state index contributed by atoms with van der Waals surface area (Å²) in [6, 6.07) is 0. The van der Waals surface area contributed by atoms with Gasteiger partial charge in [-0.15, -0.1) is 0 Å². The van der Waals surface area contributed by atoms with Crippen LogP contribution in [0.15, 0.2) is 12.4 Å². The second-order valence-electron chi connectivity index (χ2n) is 7.87. The van der Waals surface area contributed by atoms with Gasteiger partial charge in [-0.1, -0.05) is 27.7 Å². The molecule has 1 aliphatic rings. The lowest BCUT2D eigenvalue weighted by Crippen LogP contribution is -2.36. The summed E-state index contributed by atoms with van der Waals surface area (Å²) in [4.78, 5) is 4.61. The molecule has 0 amide bonds. The van der Waals surface area contributed by atoms with Crippen LogP contribution in [-0.4, -0.2) is 16.1 Å². The number of aromatic nitrogens is 2. The van der Waals surface area contributed by atoms with E-state index in [0.717, 1.165) is 25.4 Å². The van der Waals surface area contributed by atoms with E-state index in [-0.39, 0.29) is 0 Å². The van der Waals surface area contributed by atoms with E-state index in [9.17, 15) is 0 Å². The zero-order valence-corrected chi connectivity index (χ0v) is 14.3. The van der Waals surface area contributed by atoms with Crippen molar-refractivity contribution in [3.8, 4) is 0 Å². The lowest BCUT2D eigenvalue weighted by atomic mass is 9.65. The Kier molecular flexibility index (Phi) is 5.48. The first kappa shape index (κ1) is 16.5. The number of hydrogen-bond donors (Lipinski definition) is 1. The van der Waals surface area contributed by atoms with Crippen LogP contribution in [-0.2, 0) is 13.0 Å². The molecule has 0 aliphatic heterocycles. The molecule has 1 fully saturated rings. The molecule has 0 saturated heterocycles. The summed E-state index contributed by atoms with van der Waals surface area (Å²) in [5.74, 6) is 3.45. The van der Waals surface area contributed by atoms with E-state index >= 15 is 0 Å². The van der Waals surface area contributed by atoms with Crippen LogP contribution in [0, 0.1) is 23.2 Å². The molecule has 1 saturated carbocycles. The zero-order chi connectivity index (χ0) is 15.5. The van der Waals surface area contributed by atoms with E-state index < -0.39 is 0 Å². The molecule has 3 atom stereocenters. The molecule has 2 rings (SSSR count). The molecule has 0 aromatic carbocycles. The van der Waals surface area contributed by atoms with Crippen LogP contribution in [0.2, 0.25) is 0 Å². The van der Waals surface area contributed by atoms with Crippen molar-refractivity contribution in [2.75, 3.05) is 6.54 Å². The Morgan fingerprint density at radius 1 is 1.29 bits per heavy atom. The van der Waals surface area contributed by atoms with Gasteiger partial charge in [0.2, 0.25) is 0 Å². The average Bonchev–Trinajstić information content (AvgIpc) is 2.85. The van der Waals surface area contributed by atoms with Gasteiger partial charge in [0.25, 0.3) is 0 Å². The van der Waals surface area contributed by atoms with Crippen LogP contribution in [0.1, 0.15) is 59.2 Å². The second kappa shape index (κ2) is 6.95. The Bertz CT molecular complexity index is 430. The van der Waals surface area contributed by atoms with E-state index in [0.29, 0.717) is 17.3 Å². The minimum absolute atomic E-state index is 0.413. The van der Waals surface area contributed by atoms with Crippen LogP contribution in [0.4, 0.5) is 0 Å². The molecule has 1 aromatic heterocycles. The first-order chi connectivity index (χ1) is 9.95. The quantitative estimate of drug-likeness (QED) is 0.895. The van der Waals surface area contributed by atoms with Crippen molar-refractivity contribution in [1.29, 1.82) is 0 Å². The van der Waals surface area contributed by atoms with Gasteiger partial charge in [-0.2, -0.15) is 0 Å². The van der Waals surface area contributed by atoms with Gasteiger partial charge in [0, 0.05) is 25.4 Å². The van der Waals surface area contributed by atoms with Crippen LogP contribution in [0.25, 0.3) is 0 Å². The SMILES string of the molecule is CCCn1ccnc1CC1CC(C(C)(C)C)CCC1CN. The molecule has 3 nitrogen and oxygen atoms in total. The molecule has 1 aromatic rings. The van der Waals surface area contributed by atoms with Gasteiger partial charge in [0.05, 0.1) is 0 Å². The molecule has 1 heterocycles. The second-order valence-corrected chi connectivity index (χ2v) is 7.87. The molecule has 0 spiro atoms. The van der Waals surface area contributed by atoms with Crippen molar-refractivity contribution in [3.63, 3.8) is 0 Å². The Hall–Kier alpha value is -0.830. The van der Waals surface area contributed by atoms with Crippen molar-refractivity contribution in [1.82, 2.24) is 9.55 Å². The van der Waals surface area contributed by atoms with Gasteiger partial charge in [0.1, 0.15) is 5.82 Å². The maximum absolute atomic E-state index is 6.05. The van der Waals surface area contributed by atoms with Crippen molar-refractivity contribution in [3.05, 3.63) is 18.2 Å². The molecule has 0 bridgehead atoms. The number of rotatable bonds is 5. The third kappa shape index (κ3) is 4.09. The van der Waals surface area contributed by atoms with Crippen LogP contribution < -0.4 is 5.73 Å². The fourth-order valence-electron chi connectivity index (χ4n) is 3.88. The molecule has 3 unspecified atom stereocenters. The van der Waals surface area contributed by atoms with Crippen molar-refractivity contribution in [2.45, 2.75) is 66.3 Å². The molecule has 120 valence electrons. The lowest BCUT2D eigenvalue weighted by molar-refractivity contribution is 0.0995. The maximum atomic E-state index is 6.05. The number of aryl methyl sites for hydroxylation is 1. The summed E-state index contributed by atoms with van der Waals surface area (Å²) in [6.07, 6.45) is 10.3. The van der Waals surface area contributed by atoms with Crippen molar-refractivity contribution in [2.24, 2.45) is 28.9 Å². The normalized spacial score (nSPS) is 27.0. The molecular weight excluding hydrogens is 258 g/mol. The highest BCUT2D eigenvalue weighted by atomic mass is 15.1. The third-order valence-electron chi connectivity index (χ3n) is 5.38. The van der Waals surface area contributed by atoms with E-state index in [1.54, 1.807) is 0 Å². The molecule has 2 N–H and O–H groups in total. The fourth-order valence-corrected chi connectivity index (χ4v) is 3.88. The Balaban J connectivity index is 2.08. The van der Waals surface area contributed by atoms with Crippen molar-refractivity contribution < 1.29 is 0 Å². The molecule has 3 heteroatoms. The topological polar surface area (TPSA) is 43.8 Å². The fraction of sp³-hybridized carbons (Fsp3) is 0.833. The summed E-state index contributed by atoms with van der Waals surface area (Å²) in [5, 5.41) is 0. The Morgan fingerprint density at radius 2 is 2.05 bits per heavy atom. The summed E-state index contributed by atoms with van der Waals surface area (Å²) in [7, 11) is 0. The molecular formula is C18H33N3. The minimum Gasteiger partial charge on any atom is -0.335 e. The van der Waals surface area contributed by atoms with Crippen LogP contribution in [0.3, 0.4) is 0 Å². The third-order valence-corrected chi connectivity index (χ3v) is 5.38. The van der Waals surface area contributed by atoms with Crippen LogP contribution >= 0.6 is 0 Å². The molecule has 1 aliphatic carbocycles. The van der Waals surface area contributed by atoms with Crippen molar-refractivity contribution >= 4 is 0 Å². The van der Waals surface area contributed by atoms with Gasteiger partial charge in [-0.3, -0.25) is 0 Å². The lowest BCUT2D eigenvalue weighted by Gasteiger charge is -2.41. The minimum atomic E-state index is 0.413. The monoisotopic (exact) mass is 291 g/mol. The smallest absolute Gasteiger partial charge is 0.108 e. The first-order valence-electron chi connectivity index (χ1n) is 8.65. The summed E-state index contributed by atoms with van der Waals surface area (Å²) < 4.78 is 2.33. The Labute approximate surface area is 130 Å². The largest absolute Gasteiger partial charge is 0.335 e. The standard InChI is InChI=1S/C18H33N3/c1-5-9-21-10-8-20-17(21)12-15-11-16(18(2,3)4)7-6-14(15)13-19/h8,10,14-16H,5-7,9,11-13,19H2,1-4H3.